The van der Waals surface area contributed by atoms with E-state index in [0.717, 1.165) is 54.9 Å². The third-order valence-electron chi connectivity index (χ3n) is 7.58. The van der Waals surface area contributed by atoms with E-state index < -0.39 is 5.82 Å². The molecule has 1 saturated heterocycles. The average Bonchev–Trinajstić information content (AvgIpc) is 3.34. The molecule has 2 N–H and O–H groups in total. The standard InChI is InChI=1S/C25H25ClFN7/c1-14-20(26)17(5-9-29-14)21-15(2)32-24(22-18(27)13-31-34(21)22)33-10-6-25(7-11-33)12-19-16(23(25)28)4-3-8-30-19/h3-5,8-9,13,23H,6-7,10-12,28H2,1-2H3/t23-/m1/s1. The van der Waals surface area contributed by atoms with Gasteiger partial charge in [-0.15, -0.1) is 0 Å². The highest BCUT2D eigenvalue weighted by atomic mass is 35.5. The van der Waals surface area contributed by atoms with Crippen molar-refractivity contribution in [2.75, 3.05) is 18.0 Å². The van der Waals surface area contributed by atoms with Crippen LogP contribution < -0.4 is 10.6 Å². The van der Waals surface area contributed by atoms with Gasteiger partial charge in [-0.1, -0.05) is 17.7 Å². The Bertz CT molecular complexity index is 1420. The van der Waals surface area contributed by atoms with Crippen LogP contribution in [0.15, 0.2) is 36.8 Å². The van der Waals surface area contributed by atoms with Crippen LogP contribution in [0.5, 0.6) is 0 Å². The van der Waals surface area contributed by atoms with Crippen molar-refractivity contribution in [3.63, 3.8) is 0 Å². The van der Waals surface area contributed by atoms with Gasteiger partial charge in [0, 0.05) is 42.8 Å². The number of hydrogen-bond donors (Lipinski definition) is 1. The number of aryl methyl sites for hydroxylation is 2. The molecule has 0 radical (unpaired) electrons. The van der Waals surface area contributed by atoms with Crippen LogP contribution in [0.4, 0.5) is 10.2 Å². The number of hydrogen-bond acceptors (Lipinski definition) is 6. The first-order valence-electron chi connectivity index (χ1n) is 11.5. The molecule has 4 aromatic heterocycles. The molecule has 0 bridgehead atoms. The molecule has 4 aromatic rings. The Kier molecular flexibility index (Phi) is 4.86. The topological polar surface area (TPSA) is 85.2 Å². The summed E-state index contributed by atoms with van der Waals surface area (Å²) in [5.74, 6) is 0.204. The van der Waals surface area contributed by atoms with Crippen molar-refractivity contribution >= 4 is 22.9 Å². The number of pyridine rings is 2. The van der Waals surface area contributed by atoms with E-state index in [4.69, 9.17) is 22.3 Å². The third kappa shape index (κ3) is 3.05. The molecule has 1 spiro atoms. The fourth-order valence-corrected chi connectivity index (χ4v) is 5.89. The van der Waals surface area contributed by atoms with Gasteiger partial charge in [-0.05, 0) is 56.2 Å². The Labute approximate surface area is 201 Å². The number of fused-ring (bicyclic) bond motifs is 2. The van der Waals surface area contributed by atoms with E-state index >= 15 is 4.39 Å². The zero-order chi connectivity index (χ0) is 23.6. The molecule has 0 amide bonds. The fraction of sp³-hybridized carbons (Fsp3) is 0.360. The van der Waals surface area contributed by atoms with Crippen LogP contribution >= 0.6 is 11.6 Å². The molecular weight excluding hydrogens is 453 g/mol. The van der Waals surface area contributed by atoms with Gasteiger partial charge in [0.1, 0.15) is 5.52 Å². The summed E-state index contributed by atoms with van der Waals surface area (Å²) in [5, 5.41) is 4.87. The van der Waals surface area contributed by atoms with Crippen molar-refractivity contribution in [3.05, 3.63) is 70.3 Å². The lowest BCUT2D eigenvalue weighted by Crippen LogP contribution is -2.44. The maximum atomic E-state index is 15.1. The van der Waals surface area contributed by atoms with Gasteiger partial charge in [0.15, 0.2) is 11.6 Å². The summed E-state index contributed by atoms with van der Waals surface area (Å²) in [6.07, 6.45) is 7.45. The molecule has 5 heterocycles. The Balaban J connectivity index is 1.38. The molecule has 0 saturated carbocycles. The third-order valence-corrected chi connectivity index (χ3v) is 8.06. The van der Waals surface area contributed by atoms with Crippen molar-refractivity contribution < 1.29 is 4.39 Å². The second-order valence-electron chi connectivity index (χ2n) is 9.42. The number of piperidine rings is 1. The van der Waals surface area contributed by atoms with Gasteiger partial charge in [-0.25, -0.2) is 13.9 Å². The van der Waals surface area contributed by atoms with E-state index in [-0.39, 0.29) is 11.5 Å². The molecule has 7 nitrogen and oxygen atoms in total. The van der Waals surface area contributed by atoms with E-state index in [1.165, 1.54) is 6.20 Å². The highest BCUT2D eigenvalue weighted by Gasteiger charge is 2.47. The van der Waals surface area contributed by atoms with Crippen LogP contribution in [0.2, 0.25) is 5.02 Å². The number of rotatable bonds is 2. The molecule has 0 aromatic carbocycles. The summed E-state index contributed by atoms with van der Waals surface area (Å²) in [6.45, 7) is 5.23. The van der Waals surface area contributed by atoms with E-state index in [1.807, 2.05) is 32.2 Å². The van der Waals surface area contributed by atoms with E-state index in [1.54, 1.807) is 10.7 Å². The maximum Gasteiger partial charge on any atom is 0.172 e. The second-order valence-corrected chi connectivity index (χ2v) is 9.80. The minimum Gasteiger partial charge on any atom is -0.355 e. The van der Waals surface area contributed by atoms with Gasteiger partial charge in [0.2, 0.25) is 0 Å². The highest BCUT2D eigenvalue weighted by molar-refractivity contribution is 6.33. The average molecular weight is 478 g/mol. The van der Waals surface area contributed by atoms with Gasteiger partial charge in [0.25, 0.3) is 0 Å². The lowest BCUT2D eigenvalue weighted by atomic mass is 9.73. The van der Waals surface area contributed by atoms with Crippen LogP contribution in [0, 0.1) is 25.1 Å². The fourth-order valence-electron chi connectivity index (χ4n) is 5.68. The number of aromatic nitrogens is 5. The smallest absolute Gasteiger partial charge is 0.172 e. The Hall–Kier alpha value is -3.10. The van der Waals surface area contributed by atoms with Crippen molar-refractivity contribution in [1.29, 1.82) is 0 Å². The van der Waals surface area contributed by atoms with Crippen molar-refractivity contribution in [2.45, 2.75) is 39.2 Å². The van der Waals surface area contributed by atoms with Crippen LogP contribution in [-0.2, 0) is 6.42 Å². The van der Waals surface area contributed by atoms with Crippen LogP contribution in [-0.4, -0.2) is 37.7 Å². The van der Waals surface area contributed by atoms with Gasteiger partial charge in [-0.2, -0.15) is 5.10 Å². The quantitative estimate of drug-likeness (QED) is 0.459. The summed E-state index contributed by atoms with van der Waals surface area (Å²) < 4.78 is 16.7. The number of nitrogens with two attached hydrogens (primary N) is 1. The SMILES string of the molecule is Cc1nccc(-c2c(C)nc(N3CCC4(CC3)Cc3ncccc3[C@H]4N)c3c(F)cnn23)c1Cl. The molecule has 34 heavy (non-hydrogen) atoms. The van der Waals surface area contributed by atoms with Crippen LogP contribution in [0.1, 0.15) is 41.5 Å². The van der Waals surface area contributed by atoms with E-state index in [9.17, 15) is 0 Å². The van der Waals surface area contributed by atoms with Gasteiger partial charge >= 0.3 is 0 Å². The maximum absolute atomic E-state index is 15.1. The first-order chi connectivity index (χ1) is 16.4. The Morgan fingerprint density at radius 1 is 1.12 bits per heavy atom. The monoisotopic (exact) mass is 477 g/mol. The van der Waals surface area contributed by atoms with Gasteiger partial charge < -0.3 is 10.6 Å². The first-order valence-corrected chi connectivity index (χ1v) is 11.9. The molecule has 1 aliphatic carbocycles. The summed E-state index contributed by atoms with van der Waals surface area (Å²) in [4.78, 5) is 15.8. The lowest BCUT2D eigenvalue weighted by molar-refractivity contribution is 0.186. The summed E-state index contributed by atoms with van der Waals surface area (Å²) in [6, 6.07) is 5.83. The molecular formula is C25H25ClFN7. The summed E-state index contributed by atoms with van der Waals surface area (Å²) >= 11 is 6.56. The molecule has 2 aliphatic rings. The summed E-state index contributed by atoms with van der Waals surface area (Å²) in [5.41, 5.74) is 12.2. The van der Waals surface area contributed by atoms with Crippen molar-refractivity contribution in [2.24, 2.45) is 11.1 Å². The molecule has 9 heteroatoms. The van der Waals surface area contributed by atoms with Crippen LogP contribution in [0.25, 0.3) is 16.8 Å². The predicted octanol–water partition coefficient (Wildman–Crippen LogP) is 4.44. The normalized spacial score (nSPS) is 19.2. The molecule has 1 atom stereocenters. The molecule has 174 valence electrons. The zero-order valence-electron chi connectivity index (χ0n) is 19.1. The predicted molar refractivity (Wildman–Crippen MR) is 129 cm³/mol. The molecule has 0 unspecified atom stereocenters. The van der Waals surface area contributed by atoms with Gasteiger partial charge in [-0.3, -0.25) is 9.97 Å². The number of nitrogens with zero attached hydrogens (tertiary/aromatic N) is 6. The van der Waals surface area contributed by atoms with Gasteiger partial charge in [0.05, 0.1) is 28.3 Å². The Morgan fingerprint density at radius 3 is 2.68 bits per heavy atom. The highest BCUT2D eigenvalue weighted by Crippen LogP contribution is 2.50. The number of halogens is 2. The zero-order valence-corrected chi connectivity index (χ0v) is 19.8. The minimum absolute atomic E-state index is 0.0145. The Morgan fingerprint density at radius 2 is 1.91 bits per heavy atom. The van der Waals surface area contributed by atoms with Crippen molar-refractivity contribution in [1.82, 2.24) is 24.6 Å². The van der Waals surface area contributed by atoms with E-state index in [2.05, 4.69) is 26.0 Å². The second kappa shape index (κ2) is 7.71. The van der Waals surface area contributed by atoms with Crippen molar-refractivity contribution in [3.8, 4) is 11.3 Å². The molecule has 1 aliphatic heterocycles. The van der Waals surface area contributed by atoms with Crippen LogP contribution in [0.3, 0.4) is 0 Å². The van der Waals surface area contributed by atoms with E-state index in [0.29, 0.717) is 27.7 Å². The lowest BCUT2D eigenvalue weighted by Gasteiger charge is -2.42. The largest absolute Gasteiger partial charge is 0.355 e. The minimum atomic E-state index is -0.403. The summed E-state index contributed by atoms with van der Waals surface area (Å²) in [7, 11) is 0. The molecule has 1 fully saturated rings. The number of anilines is 1. The first kappa shape index (κ1) is 21.4. The molecule has 6 rings (SSSR count).